The van der Waals surface area contributed by atoms with Gasteiger partial charge in [-0.3, -0.25) is 0 Å². The van der Waals surface area contributed by atoms with Gasteiger partial charge in [-0.2, -0.15) is 0 Å². The third kappa shape index (κ3) is 40.0. The number of rotatable bonds is 0. The molecule has 0 radical (unpaired) electrons. The summed E-state index contributed by atoms with van der Waals surface area (Å²) in [6, 6.07) is 0. The first-order valence-electron chi connectivity index (χ1n) is 0. The summed E-state index contributed by atoms with van der Waals surface area (Å²) in [6.45, 7) is 0. The molecule has 0 saturated carbocycles. The van der Waals surface area contributed by atoms with Crippen LogP contribution in [0.5, 0.6) is 0 Å². The van der Waals surface area contributed by atoms with Gasteiger partial charge in [0.1, 0.15) is 0 Å². The monoisotopic (exact) mass is 355 g/mol. The average molecular weight is 357 g/mol. The molecule has 0 amide bonds. The Hall–Kier alpha value is 1.86. The summed E-state index contributed by atoms with van der Waals surface area (Å²) in [4.78, 5) is 0. The third-order valence-electron chi connectivity index (χ3n) is 0. The molecule has 50 valence electrons. The molecule has 0 aromatic carbocycles. The van der Waals surface area contributed by atoms with Gasteiger partial charge in [-0.1, -0.05) is 0 Å². The van der Waals surface area contributed by atoms with Crippen LogP contribution in [0.3, 0.4) is 0 Å². The zero-order chi connectivity index (χ0) is 0. The predicted molar refractivity (Wildman–Crippen MR) is 5.98 cm³/mol. The molecule has 0 aliphatic rings. The standard InChI is InChI=1S/Au.4ClH.H3N/h;4*1H;1H3/q+1;;;;;/p-3. The van der Waals surface area contributed by atoms with Crippen LogP contribution in [-0.2, 0) is 22.4 Å². The van der Waals surface area contributed by atoms with Crippen LogP contribution in [0, 0.1) is 0 Å². The van der Waals surface area contributed by atoms with E-state index in [1.54, 1.807) is 0 Å². The molecule has 4 N–H and O–H groups in total. The van der Waals surface area contributed by atoms with E-state index >= 15 is 0 Å². The molecule has 6 heteroatoms. The minimum absolute atomic E-state index is 0. The van der Waals surface area contributed by atoms with Crippen LogP contribution < -0.4 is 55.8 Å². The Bertz CT molecular complexity index is 7.51. The Labute approximate surface area is 77.8 Å². The average Bonchev–Trinajstić information content (AvgIpc) is 0. The molecule has 0 heterocycles. The van der Waals surface area contributed by atoms with E-state index in [0.717, 1.165) is 0 Å². The van der Waals surface area contributed by atoms with Crippen LogP contribution in [0.1, 0.15) is 0 Å². The quantitative estimate of drug-likeness (QED) is 0.419. The van der Waals surface area contributed by atoms with E-state index in [2.05, 4.69) is 0 Å². The maximum atomic E-state index is 0. The van der Waals surface area contributed by atoms with E-state index in [-0.39, 0.29) is 78.2 Å². The molecule has 0 fully saturated rings. The van der Waals surface area contributed by atoms with E-state index in [4.69, 9.17) is 0 Å². The second-order valence-electron chi connectivity index (χ2n) is 0. The molecule has 0 unspecified atom stereocenters. The summed E-state index contributed by atoms with van der Waals surface area (Å²) in [6.07, 6.45) is 0. The summed E-state index contributed by atoms with van der Waals surface area (Å²) in [5, 5.41) is 0. The van der Waals surface area contributed by atoms with Crippen LogP contribution in [0.2, 0.25) is 0 Å². The zero-order valence-corrected chi connectivity index (χ0v) is 8.00. The van der Waals surface area contributed by atoms with Crippen LogP contribution in [0.4, 0.5) is 0 Å². The molecule has 0 aliphatic heterocycles. The van der Waals surface area contributed by atoms with Gasteiger partial charge in [0.25, 0.3) is 0 Å². The Morgan fingerprint density at radius 2 is 0.500 bits per heavy atom. The van der Waals surface area contributed by atoms with Gasteiger partial charge in [-0.25, -0.2) is 0 Å². The number of hydrogen-bond acceptors (Lipinski definition) is 0. The SMILES string of the molecule is [Au+].[Cl-].[Cl-].[Cl-].[Cl-].[NH4+]. The van der Waals surface area contributed by atoms with Gasteiger partial charge in [-0.15, -0.1) is 0 Å². The molecule has 0 aromatic rings. The van der Waals surface area contributed by atoms with Crippen molar-refractivity contribution in [3.05, 3.63) is 0 Å². The number of quaternary nitrogens is 1. The van der Waals surface area contributed by atoms with Crippen LogP contribution >= 0.6 is 0 Å². The number of halogens is 4. The van der Waals surface area contributed by atoms with Crippen molar-refractivity contribution < 1.29 is 72.0 Å². The largest absolute Gasteiger partial charge is 1.00 e. The van der Waals surface area contributed by atoms with Gasteiger partial charge in [0.05, 0.1) is 0 Å². The first kappa shape index (κ1) is 107. The number of hydrogen-bond donors (Lipinski definition) is 1. The summed E-state index contributed by atoms with van der Waals surface area (Å²) in [5.74, 6) is 0. The normalized spacial score (nSPS) is 0. The summed E-state index contributed by atoms with van der Waals surface area (Å²) < 4.78 is 0. The predicted octanol–water partition coefficient (Wildman–Crippen LogP) is -11.6. The molecule has 0 aliphatic carbocycles. The van der Waals surface area contributed by atoms with Crippen molar-refractivity contribution in [3.63, 3.8) is 0 Å². The molecule has 0 spiro atoms. The summed E-state index contributed by atoms with van der Waals surface area (Å²) >= 11 is 0. The topological polar surface area (TPSA) is 36.5 Å². The fourth-order valence-corrected chi connectivity index (χ4v) is 0. The van der Waals surface area contributed by atoms with Gasteiger partial charge < -0.3 is 55.8 Å². The van der Waals surface area contributed by atoms with Crippen molar-refractivity contribution in [3.8, 4) is 0 Å². The second kappa shape index (κ2) is 68.1. The van der Waals surface area contributed by atoms with Crippen LogP contribution in [-0.4, -0.2) is 0 Å². The minimum atomic E-state index is 0. The Kier molecular flexibility index (Phi) is 1210. The van der Waals surface area contributed by atoms with Gasteiger partial charge in [-0.05, 0) is 0 Å². The second-order valence-corrected chi connectivity index (χ2v) is 0. The van der Waals surface area contributed by atoms with Gasteiger partial charge >= 0.3 is 22.4 Å². The van der Waals surface area contributed by atoms with Crippen molar-refractivity contribution in [1.82, 2.24) is 6.15 Å². The molecule has 6 heavy (non-hydrogen) atoms. The maximum Gasteiger partial charge on any atom is 1.00 e. The van der Waals surface area contributed by atoms with Gasteiger partial charge in [0, 0.05) is 0 Å². The molecule has 0 atom stereocenters. The molecule has 0 bridgehead atoms. The Balaban J connectivity index is 0. The summed E-state index contributed by atoms with van der Waals surface area (Å²) in [5.41, 5.74) is 0. The minimum Gasteiger partial charge on any atom is -1.00 e. The Morgan fingerprint density at radius 3 is 0.500 bits per heavy atom. The van der Waals surface area contributed by atoms with E-state index in [1.807, 2.05) is 0 Å². The fourth-order valence-electron chi connectivity index (χ4n) is 0. The van der Waals surface area contributed by atoms with Gasteiger partial charge in [0.15, 0.2) is 0 Å². The maximum absolute atomic E-state index is 0. The van der Waals surface area contributed by atoms with Crippen LogP contribution in [0.15, 0.2) is 0 Å². The van der Waals surface area contributed by atoms with Crippen molar-refractivity contribution in [2.24, 2.45) is 0 Å². The van der Waals surface area contributed by atoms with Crippen molar-refractivity contribution in [1.29, 1.82) is 0 Å². The van der Waals surface area contributed by atoms with Crippen molar-refractivity contribution in [2.75, 3.05) is 0 Å². The van der Waals surface area contributed by atoms with Crippen LogP contribution in [0.25, 0.3) is 0 Å². The first-order chi connectivity index (χ1) is 0. The van der Waals surface area contributed by atoms with E-state index in [9.17, 15) is 0 Å². The molecular weight excluding hydrogens is 353 g/mol. The molecule has 0 saturated heterocycles. The molecule has 0 rings (SSSR count). The van der Waals surface area contributed by atoms with Gasteiger partial charge in [0.2, 0.25) is 0 Å². The molecule has 1 nitrogen and oxygen atoms in total. The Morgan fingerprint density at radius 1 is 0.500 bits per heavy atom. The van der Waals surface area contributed by atoms with Crippen molar-refractivity contribution in [2.45, 2.75) is 0 Å². The molecule has 0 aromatic heterocycles. The van der Waals surface area contributed by atoms with E-state index in [0.29, 0.717) is 0 Å². The first-order valence-corrected chi connectivity index (χ1v) is 0. The molecular formula is H4AuCl4N-2. The van der Waals surface area contributed by atoms with Crippen molar-refractivity contribution >= 4 is 0 Å². The third-order valence-corrected chi connectivity index (χ3v) is 0. The summed E-state index contributed by atoms with van der Waals surface area (Å²) in [7, 11) is 0. The fraction of sp³-hybridized carbons (Fsp3) is 0. The smallest absolute Gasteiger partial charge is 1.00 e. The zero-order valence-electron chi connectivity index (χ0n) is 2.81. The van der Waals surface area contributed by atoms with E-state index < -0.39 is 0 Å². The van der Waals surface area contributed by atoms with E-state index in [1.165, 1.54) is 0 Å².